The molecule has 1 aromatic heterocycles. The first-order chi connectivity index (χ1) is 12.7. The maximum atomic E-state index is 11.9. The van der Waals surface area contributed by atoms with Crippen molar-refractivity contribution in [1.82, 2.24) is 9.78 Å². The maximum Gasteiger partial charge on any atom is 0.437 e. The summed E-state index contributed by atoms with van der Waals surface area (Å²) in [6, 6.07) is 16.2. The van der Waals surface area contributed by atoms with Crippen molar-refractivity contribution in [3.63, 3.8) is 0 Å². The van der Waals surface area contributed by atoms with Crippen LogP contribution < -0.4 is 15.2 Å². The summed E-state index contributed by atoms with van der Waals surface area (Å²) in [7, 11) is 0. The molecule has 0 spiro atoms. The zero-order valence-corrected chi connectivity index (χ0v) is 14.4. The Hall–Kier alpha value is -3.06. The Kier molecular flexibility index (Phi) is 5.70. The molecule has 0 aliphatic heterocycles. The Balaban J connectivity index is 1.57. The molecule has 2 aromatic carbocycles. The number of benzene rings is 2. The fourth-order valence-corrected chi connectivity index (χ4v) is 2.36. The summed E-state index contributed by atoms with van der Waals surface area (Å²) in [4.78, 5) is 11.9. The van der Waals surface area contributed by atoms with Gasteiger partial charge in [-0.2, -0.15) is 4.68 Å². The van der Waals surface area contributed by atoms with E-state index in [1.165, 1.54) is 0 Å². The summed E-state index contributed by atoms with van der Waals surface area (Å²) in [5.74, 6) is 0.951. The van der Waals surface area contributed by atoms with E-state index in [1.807, 2.05) is 25.1 Å². The average Bonchev–Trinajstić information content (AvgIpc) is 3.03. The second kappa shape index (κ2) is 8.35. The molecule has 0 aliphatic carbocycles. The number of rotatable bonds is 8. The van der Waals surface area contributed by atoms with Crippen LogP contribution in [0.2, 0.25) is 0 Å². The molecule has 1 heterocycles. The van der Waals surface area contributed by atoms with E-state index in [-0.39, 0.29) is 19.0 Å². The van der Waals surface area contributed by atoms with Gasteiger partial charge in [0.15, 0.2) is 0 Å². The van der Waals surface area contributed by atoms with Crippen LogP contribution in [0.25, 0.3) is 11.5 Å². The van der Waals surface area contributed by atoms with E-state index in [2.05, 4.69) is 5.10 Å². The smallest absolute Gasteiger partial charge is 0.437 e. The summed E-state index contributed by atoms with van der Waals surface area (Å²) >= 11 is 0. The van der Waals surface area contributed by atoms with Crippen molar-refractivity contribution in [3.8, 4) is 23.0 Å². The van der Waals surface area contributed by atoms with Crippen molar-refractivity contribution in [2.24, 2.45) is 0 Å². The van der Waals surface area contributed by atoms with Gasteiger partial charge in [-0.25, -0.2) is 4.79 Å². The molecule has 0 amide bonds. The van der Waals surface area contributed by atoms with Gasteiger partial charge < -0.3 is 19.0 Å². The third-order valence-corrected chi connectivity index (χ3v) is 3.59. The first-order valence-electron chi connectivity index (χ1n) is 8.33. The van der Waals surface area contributed by atoms with Gasteiger partial charge in [-0.1, -0.05) is 18.2 Å². The summed E-state index contributed by atoms with van der Waals surface area (Å²) in [5.41, 5.74) is 0.698. The van der Waals surface area contributed by atoms with Crippen molar-refractivity contribution in [2.75, 3.05) is 13.2 Å². The van der Waals surface area contributed by atoms with Crippen LogP contribution in [0.1, 0.15) is 6.92 Å². The minimum Gasteiger partial charge on any atom is -0.494 e. The second-order valence-corrected chi connectivity index (χ2v) is 5.59. The van der Waals surface area contributed by atoms with Crippen LogP contribution in [0.4, 0.5) is 0 Å². The highest BCUT2D eigenvalue weighted by Gasteiger charge is 2.14. The van der Waals surface area contributed by atoms with E-state index in [4.69, 9.17) is 13.9 Å². The first kappa shape index (κ1) is 17.8. The molecule has 7 nitrogen and oxygen atoms in total. The molecule has 7 heteroatoms. The van der Waals surface area contributed by atoms with E-state index in [1.54, 1.807) is 36.4 Å². The summed E-state index contributed by atoms with van der Waals surface area (Å²) < 4.78 is 17.1. The molecule has 0 saturated heterocycles. The minimum absolute atomic E-state index is 0.0216. The molecular formula is C19H20N2O5. The van der Waals surface area contributed by atoms with Crippen molar-refractivity contribution >= 4 is 0 Å². The largest absolute Gasteiger partial charge is 0.494 e. The molecule has 26 heavy (non-hydrogen) atoms. The highest BCUT2D eigenvalue weighted by Crippen LogP contribution is 2.18. The average molecular weight is 356 g/mol. The summed E-state index contributed by atoms with van der Waals surface area (Å²) in [6.45, 7) is 2.51. The van der Waals surface area contributed by atoms with Crippen LogP contribution in [0.3, 0.4) is 0 Å². The molecule has 3 aromatic rings. The van der Waals surface area contributed by atoms with Gasteiger partial charge in [-0.15, -0.1) is 5.10 Å². The molecule has 0 fully saturated rings. The van der Waals surface area contributed by atoms with Gasteiger partial charge in [0.25, 0.3) is 0 Å². The van der Waals surface area contributed by atoms with E-state index < -0.39 is 11.9 Å². The van der Waals surface area contributed by atoms with Gasteiger partial charge >= 0.3 is 5.76 Å². The number of hydrogen-bond donors (Lipinski definition) is 1. The Morgan fingerprint density at radius 2 is 1.73 bits per heavy atom. The molecule has 1 N–H and O–H groups in total. The molecule has 0 bridgehead atoms. The number of nitrogens with zero attached hydrogens (tertiary/aromatic N) is 2. The standard InChI is InChI=1S/C19H20N2O5/c1-2-24-16-8-10-17(11-9-16)25-13-15(22)12-21-19(23)26-18(20-21)14-6-4-3-5-7-14/h3-11,15,22H,2,12-13H2,1H3. The lowest BCUT2D eigenvalue weighted by atomic mass is 10.2. The molecule has 0 saturated carbocycles. The fraction of sp³-hybridized carbons (Fsp3) is 0.263. The van der Waals surface area contributed by atoms with Gasteiger partial charge in [-0.3, -0.25) is 0 Å². The van der Waals surface area contributed by atoms with Crippen molar-refractivity contribution in [1.29, 1.82) is 0 Å². The van der Waals surface area contributed by atoms with E-state index in [0.717, 1.165) is 10.4 Å². The molecule has 3 rings (SSSR count). The minimum atomic E-state index is -0.909. The number of ether oxygens (including phenoxy) is 2. The third-order valence-electron chi connectivity index (χ3n) is 3.59. The van der Waals surface area contributed by atoms with E-state index in [0.29, 0.717) is 17.9 Å². The monoisotopic (exact) mass is 356 g/mol. The highest BCUT2D eigenvalue weighted by atomic mass is 16.5. The zero-order valence-electron chi connectivity index (χ0n) is 14.4. The Bertz CT molecular complexity index is 871. The normalized spacial score (nSPS) is 11.9. The number of aromatic nitrogens is 2. The molecule has 0 aliphatic rings. The summed E-state index contributed by atoms with van der Waals surface area (Å²) in [6.07, 6.45) is -0.909. The van der Waals surface area contributed by atoms with Crippen molar-refractivity contribution < 1.29 is 19.0 Å². The van der Waals surface area contributed by atoms with Crippen LogP contribution in [-0.4, -0.2) is 34.2 Å². The van der Waals surface area contributed by atoms with Crippen LogP contribution in [0.15, 0.2) is 63.8 Å². The SMILES string of the molecule is CCOc1ccc(OCC(O)Cn2nc(-c3ccccc3)oc2=O)cc1. The second-order valence-electron chi connectivity index (χ2n) is 5.59. The molecule has 0 radical (unpaired) electrons. The van der Waals surface area contributed by atoms with Gasteiger partial charge in [0.1, 0.15) is 24.2 Å². The highest BCUT2D eigenvalue weighted by molar-refractivity contribution is 5.51. The van der Waals surface area contributed by atoms with Gasteiger partial charge in [0.2, 0.25) is 5.89 Å². The van der Waals surface area contributed by atoms with E-state index in [9.17, 15) is 9.90 Å². The summed E-state index contributed by atoms with van der Waals surface area (Å²) in [5, 5.41) is 14.2. The van der Waals surface area contributed by atoms with Crippen LogP contribution in [0, 0.1) is 0 Å². The Morgan fingerprint density at radius 1 is 1.08 bits per heavy atom. The quantitative estimate of drug-likeness (QED) is 0.667. The predicted octanol–water partition coefficient (Wildman–Crippen LogP) is 2.34. The van der Waals surface area contributed by atoms with Crippen molar-refractivity contribution in [2.45, 2.75) is 19.6 Å². The van der Waals surface area contributed by atoms with Gasteiger partial charge in [0, 0.05) is 5.56 Å². The van der Waals surface area contributed by atoms with Crippen molar-refractivity contribution in [3.05, 3.63) is 65.1 Å². The van der Waals surface area contributed by atoms with E-state index >= 15 is 0 Å². The number of aliphatic hydroxyl groups excluding tert-OH is 1. The number of aliphatic hydroxyl groups is 1. The Labute approximate surface area is 150 Å². The predicted molar refractivity (Wildman–Crippen MR) is 95.3 cm³/mol. The zero-order chi connectivity index (χ0) is 18.4. The lowest BCUT2D eigenvalue weighted by Gasteiger charge is -2.12. The Morgan fingerprint density at radius 3 is 2.38 bits per heavy atom. The molecule has 1 atom stereocenters. The molecule has 1 unspecified atom stereocenters. The van der Waals surface area contributed by atoms with Crippen LogP contribution in [-0.2, 0) is 6.54 Å². The van der Waals surface area contributed by atoms with Crippen LogP contribution in [0.5, 0.6) is 11.5 Å². The van der Waals surface area contributed by atoms with Gasteiger partial charge in [-0.05, 0) is 43.3 Å². The first-order valence-corrected chi connectivity index (χ1v) is 8.33. The number of hydrogen-bond acceptors (Lipinski definition) is 6. The maximum absolute atomic E-state index is 11.9. The third kappa shape index (κ3) is 4.52. The van der Waals surface area contributed by atoms with Gasteiger partial charge in [0.05, 0.1) is 13.2 Å². The lowest BCUT2D eigenvalue weighted by Crippen LogP contribution is -2.29. The lowest BCUT2D eigenvalue weighted by molar-refractivity contribution is 0.0875. The fourth-order valence-electron chi connectivity index (χ4n) is 2.36. The molecular weight excluding hydrogens is 336 g/mol. The topological polar surface area (TPSA) is 86.7 Å². The molecule has 136 valence electrons. The van der Waals surface area contributed by atoms with Crippen LogP contribution >= 0.6 is 0 Å².